The van der Waals surface area contributed by atoms with Gasteiger partial charge in [0, 0.05) is 5.69 Å². The molecule has 2 aliphatic rings. The fourth-order valence-corrected chi connectivity index (χ4v) is 4.05. The monoisotopic (exact) mass is 312 g/mol. The summed E-state index contributed by atoms with van der Waals surface area (Å²) in [4.78, 5) is 15.6. The van der Waals surface area contributed by atoms with Crippen LogP contribution in [-0.4, -0.2) is 16.1 Å². The molecule has 0 radical (unpaired) electrons. The average molecular weight is 312 g/mol. The SMILES string of the molecule is Cc1cc(Nc2cnc(C(=O)O)c3c2C2CCC3C2)ccc1F. The normalized spacial score (nSPS) is 21.3. The van der Waals surface area contributed by atoms with Gasteiger partial charge in [0.25, 0.3) is 0 Å². The third-order valence-corrected chi connectivity index (χ3v) is 5.05. The minimum Gasteiger partial charge on any atom is -0.477 e. The Morgan fingerprint density at radius 1 is 1.30 bits per heavy atom. The highest BCUT2D eigenvalue weighted by Gasteiger charge is 2.41. The van der Waals surface area contributed by atoms with Gasteiger partial charge in [-0.2, -0.15) is 0 Å². The van der Waals surface area contributed by atoms with E-state index in [0.29, 0.717) is 17.4 Å². The first-order chi connectivity index (χ1) is 11.0. The molecule has 1 heterocycles. The van der Waals surface area contributed by atoms with Crippen molar-refractivity contribution in [2.75, 3.05) is 5.32 Å². The Hall–Kier alpha value is -2.43. The summed E-state index contributed by atoms with van der Waals surface area (Å²) in [5.74, 6) is -0.484. The number of aromatic nitrogens is 1. The van der Waals surface area contributed by atoms with Crippen LogP contribution in [0.5, 0.6) is 0 Å². The molecule has 0 spiro atoms. The molecule has 4 rings (SSSR count). The summed E-state index contributed by atoms with van der Waals surface area (Å²) in [6.07, 6.45) is 4.75. The van der Waals surface area contributed by atoms with E-state index in [2.05, 4.69) is 10.3 Å². The lowest BCUT2D eigenvalue weighted by Crippen LogP contribution is -2.12. The van der Waals surface area contributed by atoms with Gasteiger partial charge >= 0.3 is 5.97 Å². The molecule has 1 saturated carbocycles. The Labute approximate surface area is 133 Å². The van der Waals surface area contributed by atoms with E-state index in [0.717, 1.165) is 41.8 Å². The Bertz CT molecular complexity index is 819. The van der Waals surface area contributed by atoms with Crippen molar-refractivity contribution in [3.63, 3.8) is 0 Å². The fourth-order valence-electron chi connectivity index (χ4n) is 4.05. The first-order valence-electron chi connectivity index (χ1n) is 7.84. The van der Waals surface area contributed by atoms with Gasteiger partial charge in [-0.1, -0.05) is 0 Å². The number of nitrogens with zero attached hydrogens (tertiary/aromatic N) is 1. The molecule has 2 bridgehead atoms. The van der Waals surface area contributed by atoms with Crippen LogP contribution in [0.1, 0.15) is 58.3 Å². The van der Waals surface area contributed by atoms with Gasteiger partial charge in [-0.05, 0) is 72.9 Å². The molecule has 2 unspecified atom stereocenters. The van der Waals surface area contributed by atoms with Gasteiger partial charge in [-0.25, -0.2) is 14.2 Å². The van der Waals surface area contributed by atoms with Gasteiger partial charge < -0.3 is 10.4 Å². The highest BCUT2D eigenvalue weighted by molar-refractivity contribution is 5.89. The van der Waals surface area contributed by atoms with Crippen LogP contribution in [-0.2, 0) is 0 Å². The van der Waals surface area contributed by atoms with E-state index in [1.165, 1.54) is 6.07 Å². The van der Waals surface area contributed by atoms with Crippen LogP contribution >= 0.6 is 0 Å². The maximum absolute atomic E-state index is 13.4. The number of carboxylic acids is 1. The second kappa shape index (κ2) is 5.05. The molecule has 23 heavy (non-hydrogen) atoms. The standard InChI is InChI=1S/C18H17FN2O2/c1-9-6-12(4-5-13(9)19)21-14-8-20-17(18(22)23)16-11-3-2-10(7-11)15(14)16/h4-6,8,10-11,21H,2-3,7H2,1H3,(H,22,23). The number of aromatic carboxylic acids is 1. The first kappa shape index (κ1) is 14.2. The van der Waals surface area contributed by atoms with Crippen LogP contribution in [0.3, 0.4) is 0 Å². The van der Waals surface area contributed by atoms with Crippen molar-refractivity contribution in [2.45, 2.75) is 38.0 Å². The molecule has 118 valence electrons. The van der Waals surface area contributed by atoms with Crippen LogP contribution in [0.4, 0.5) is 15.8 Å². The van der Waals surface area contributed by atoms with Crippen molar-refractivity contribution in [3.8, 4) is 0 Å². The van der Waals surface area contributed by atoms with Crippen LogP contribution in [0.25, 0.3) is 0 Å². The molecule has 1 fully saturated rings. The Morgan fingerprint density at radius 3 is 2.74 bits per heavy atom. The second-order valence-corrected chi connectivity index (χ2v) is 6.45. The number of hydrogen-bond acceptors (Lipinski definition) is 3. The molecule has 0 aliphatic heterocycles. The van der Waals surface area contributed by atoms with Gasteiger partial charge in [0.2, 0.25) is 0 Å². The summed E-state index contributed by atoms with van der Waals surface area (Å²) in [7, 11) is 0. The summed E-state index contributed by atoms with van der Waals surface area (Å²) in [5.41, 5.74) is 4.39. The lowest BCUT2D eigenvalue weighted by molar-refractivity contribution is 0.0688. The number of carboxylic acid groups (broad SMARTS) is 1. The smallest absolute Gasteiger partial charge is 0.354 e. The zero-order chi connectivity index (χ0) is 16.1. The molecular weight excluding hydrogens is 295 g/mol. The van der Waals surface area contributed by atoms with Crippen LogP contribution in [0.15, 0.2) is 24.4 Å². The van der Waals surface area contributed by atoms with E-state index in [9.17, 15) is 14.3 Å². The Kier molecular flexibility index (Phi) is 3.11. The number of fused-ring (bicyclic) bond motifs is 5. The molecule has 2 atom stereocenters. The number of nitrogens with one attached hydrogen (secondary N) is 1. The molecule has 0 amide bonds. The fraction of sp³-hybridized carbons (Fsp3) is 0.333. The summed E-state index contributed by atoms with van der Waals surface area (Å²) < 4.78 is 13.4. The lowest BCUT2D eigenvalue weighted by atomic mass is 9.89. The summed E-state index contributed by atoms with van der Waals surface area (Å²) in [5, 5.41) is 12.7. The minimum atomic E-state index is -0.960. The van der Waals surface area contributed by atoms with Gasteiger partial charge in [-0.3, -0.25) is 0 Å². The van der Waals surface area contributed by atoms with Crippen molar-refractivity contribution in [2.24, 2.45) is 0 Å². The van der Waals surface area contributed by atoms with E-state index in [4.69, 9.17) is 0 Å². The van der Waals surface area contributed by atoms with Gasteiger partial charge in [-0.15, -0.1) is 0 Å². The van der Waals surface area contributed by atoms with Gasteiger partial charge in [0.15, 0.2) is 5.69 Å². The zero-order valence-electron chi connectivity index (χ0n) is 12.8. The molecule has 2 N–H and O–H groups in total. The quantitative estimate of drug-likeness (QED) is 0.885. The van der Waals surface area contributed by atoms with Crippen molar-refractivity contribution in [3.05, 3.63) is 52.6 Å². The maximum Gasteiger partial charge on any atom is 0.354 e. The summed E-state index contributed by atoms with van der Waals surface area (Å²) >= 11 is 0. The van der Waals surface area contributed by atoms with E-state index in [1.807, 2.05) is 0 Å². The number of benzene rings is 1. The number of carbonyl (C=O) groups is 1. The van der Waals surface area contributed by atoms with Crippen LogP contribution < -0.4 is 5.32 Å². The van der Waals surface area contributed by atoms with E-state index >= 15 is 0 Å². The molecule has 2 aromatic rings. The van der Waals surface area contributed by atoms with Crippen molar-refractivity contribution < 1.29 is 14.3 Å². The third kappa shape index (κ3) is 2.19. The third-order valence-electron chi connectivity index (χ3n) is 5.05. The van der Waals surface area contributed by atoms with Crippen LogP contribution in [0, 0.1) is 12.7 Å². The van der Waals surface area contributed by atoms with E-state index < -0.39 is 5.97 Å². The van der Waals surface area contributed by atoms with Gasteiger partial charge in [0.05, 0.1) is 11.9 Å². The summed E-state index contributed by atoms with van der Waals surface area (Å²) in [6.45, 7) is 1.72. The minimum absolute atomic E-state index is 0.188. The number of anilines is 2. The molecule has 1 aromatic carbocycles. The molecule has 5 heteroatoms. The number of hydrogen-bond donors (Lipinski definition) is 2. The Balaban J connectivity index is 1.78. The number of rotatable bonds is 3. The van der Waals surface area contributed by atoms with Crippen LogP contribution in [0.2, 0.25) is 0 Å². The predicted octanol–water partition coefficient (Wildman–Crippen LogP) is 4.34. The summed E-state index contributed by atoms with van der Waals surface area (Å²) in [6, 6.07) is 4.87. The molecule has 2 aliphatic carbocycles. The zero-order valence-corrected chi connectivity index (χ0v) is 12.8. The van der Waals surface area contributed by atoms with E-state index in [-0.39, 0.29) is 11.5 Å². The number of halogens is 1. The molecule has 0 saturated heterocycles. The second-order valence-electron chi connectivity index (χ2n) is 6.45. The topological polar surface area (TPSA) is 62.2 Å². The molecular formula is C18H17FN2O2. The van der Waals surface area contributed by atoms with Crippen molar-refractivity contribution >= 4 is 17.3 Å². The highest BCUT2D eigenvalue weighted by atomic mass is 19.1. The lowest BCUT2D eigenvalue weighted by Gasteiger charge is -2.21. The predicted molar refractivity (Wildman–Crippen MR) is 84.9 cm³/mol. The maximum atomic E-state index is 13.4. The first-order valence-corrected chi connectivity index (χ1v) is 7.84. The van der Waals surface area contributed by atoms with Crippen molar-refractivity contribution in [1.82, 2.24) is 4.98 Å². The molecule has 4 nitrogen and oxygen atoms in total. The number of aryl methyl sites for hydroxylation is 1. The highest BCUT2D eigenvalue weighted by Crippen LogP contribution is 2.56. The van der Waals surface area contributed by atoms with Gasteiger partial charge in [0.1, 0.15) is 5.82 Å². The Morgan fingerprint density at radius 2 is 2.04 bits per heavy atom. The average Bonchev–Trinajstić information content (AvgIpc) is 3.13. The number of pyridine rings is 1. The van der Waals surface area contributed by atoms with Crippen molar-refractivity contribution in [1.29, 1.82) is 0 Å². The largest absolute Gasteiger partial charge is 0.477 e. The molecule has 1 aromatic heterocycles. The van der Waals surface area contributed by atoms with E-state index in [1.54, 1.807) is 25.3 Å².